The number of nitrogens with zero attached hydrogens (tertiary/aromatic N) is 2. The van der Waals surface area contributed by atoms with E-state index in [4.69, 9.17) is 5.84 Å². The largest absolute Gasteiger partial charge is 0.298 e. The van der Waals surface area contributed by atoms with Crippen LogP contribution in [0.25, 0.3) is 6.08 Å². The zero-order chi connectivity index (χ0) is 9.14. The van der Waals surface area contributed by atoms with Crippen molar-refractivity contribution in [2.75, 3.05) is 12.1 Å². The van der Waals surface area contributed by atoms with E-state index in [1.807, 2.05) is 19.1 Å². The van der Waals surface area contributed by atoms with Crippen LogP contribution in [0.5, 0.6) is 0 Å². The van der Waals surface area contributed by atoms with E-state index in [9.17, 15) is 0 Å². The Morgan fingerprint density at radius 2 is 2.25 bits per heavy atom. The Morgan fingerprint density at radius 1 is 1.58 bits per heavy atom. The van der Waals surface area contributed by atoms with Crippen LogP contribution in [-0.2, 0) is 0 Å². The van der Waals surface area contributed by atoms with Gasteiger partial charge in [0.15, 0.2) is 0 Å². The molecule has 12 heavy (non-hydrogen) atoms. The number of aromatic nitrogens is 1. The van der Waals surface area contributed by atoms with E-state index in [1.54, 1.807) is 13.1 Å². The van der Waals surface area contributed by atoms with Crippen molar-refractivity contribution in [1.82, 2.24) is 4.98 Å². The molecule has 0 aliphatic heterocycles. The maximum absolute atomic E-state index is 5.52. The van der Waals surface area contributed by atoms with Gasteiger partial charge >= 0.3 is 0 Å². The highest BCUT2D eigenvalue weighted by molar-refractivity contribution is 5.52. The summed E-state index contributed by atoms with van der Waals surface area (Å²) in [4.78, 5) is 4.27. The zero-order valence-corrected chi connectivity index (χ0v) is 7.41. The molecule has 0 amide bonds. The van der Waals surface area contributed by atoms with Gasteiger partial charge in [0.2, 0.25) is 0 Å². The Morgan fingerprint density at radius 3 is 2.67 bits per heavy atom. The van der Waals surface area contributed by atoms with Crippen molar-refractivity contribution < 1.29 is 0 Å². The van der Waals surface area contributed by atoms with E-state index in [-0.39, 0.29) is 0 Å². The molecule has 1 aromatic heterocycles. The standard InChI is InChI=1S/C9H13N3/c1-4-8-5-6-9(12(3)10)11-7(8)2/h4-6H,1,10H2,2-3H3. The molecule has 2 N–H and O–H groups in total. The normalized spacial score (nSPS) is 9.58. The number of pyridine rings is 1. The lowest BCUT2D eigenvalue weighted by atomic mass is 10.2. The first-order chi connectivity index (χ1) is 5.65. The minimum atomic E-state index is 0.762. The van der Waals surface area contributed by atoms with Crippen molar-refractivity contribution in [1.29, 1.82) is 0 Å². The van der Waals surface area contributed by atoms with Gasteiger partial charge in [-0.1, -0.05) is 12.7 Å². The van der Waals surface area contributed by atoms with Crippen molar-refractivity contribution in [3.05, 3.63) is 30.0 Å². The second-order valence-corrected chi connectivity index (χ2v) is 2.66. The molecule has 64 valence electrons. The van der Waals surface area contributed by atoms with Crippen LogP contribution in [-0.4, -0.2) is 12.0 Å². The smallest absolute Gasteiger partial charge is 0.142 e. The Bertz CT molecular complexity index is 292. The van der Waals surface area contributed by atoms with Gasteiger partial charge < -0.3 is 0 Å². The topological polar surface area (TPSA) is 42.1 Å². The molecule has 1 rings (SSSR count). The molecule has 0 atom stereocenters. The minimum absolute atomic E-state index is 0.762. The van der Waals surface area contributed by atoms with Crippen molar-refractivity contribution in [2.45, 2.75) is 6.92 Å². The van der Waals surface area contributed by atoms with Crippen LogP contribution in [0.2, 0.25) is 0 Å². The van der Waals surface area contributed by atoms with Crippen LogP contribution in [0.4, 0.5) is 5.82 Å². The van der Waals surface area contributed by atoms with Crippen LogP contribution >= 0.6 is 0 Å². The number of anilines is 1. The van der Waals surface area contributed by atoms with E-state index in [0.717, 1.165) is 17.1 Å². The SMILES string of the molecule is C=Cc1ccc(N(C)N)nc1C. The first-order valence-electron chi connectivity index (χ1n) is 3.73. The summed E-state index contributed by atoms with van der Waals surface area (Å²) >= 11 is 0. The van der Waals surface area contributed by atoms with Crippen molar-refractivity contribution in [3.63, 3.8) is 0 Å². The molecular formula is C9H13N3. The van der Waals surface area contributed by atoms with E-state index in [2.05, 4.69) is 11.6 Å². The molecule has 1 aromatic rings. The average Bonchev–Trinajstić information content (AvgIpc) is 2.04. The fourth-order valence-electron chi connectivity index (χ4n) is 0.971. The summed E-state index contributed by atoms with van der Waals surface area (Å²) in [7, 11) is 1.76. The lowest BCUT2D eigenvalue weighted by Gasteiger charge is -2.11. The number of hydrazine groups is 1. The van der Waals surface area contributed by atoms with E-state index < -0.39 is 0 Å². The van der Waals surface area contributed by atoms with Gasteiger partial charge in [-0.3, -0.25) is 5.01 Å². The summed E-state index contributed by atoms with van der Waals surface area (Å²) in [6, 6.07) is 3.82. The van der Waals surface area contributed by atoms with Gasteiger partial charge in [0.05, 0.1) is 0 Å². The van der Waals surface area contributed by atoms with Gasteiger partial charge in [0, 0.05) is 12.7 Å². The van der Waals surface area contributed by atoms with Gasteiger partial charge in [-0.2, -0.15) is 0 Å². The van der Waals surface area contributed by atoms with Gasteiger partial charge in [-0.05, 0) is 24.6 Å². The van der Waals surface area contributed by atoms with E-state index >= 15 is 0 Å². The molecule has 0 fully saturated rings. The van der Waals surface area contributed by atoms with Gasteiger partial charge in [-0.25, -0.2) is 10.8 Å². The fraction of sp³-hybridized carbons (Fsp3) is 0.222. The summed E-state index contributed by atoms with van der Waals surface area (Å²) < 4.78 is 0. The zero-order valence-electron chi connectivity index (χ0n) is 7.41. The molecule has 0 unspecified atom stereocenters. The van der Waals surface area contributed by atoms with Gasteiger partial charge in [0.1, 0.15) is 5.82 Å². The Labute approximate surface area is 72.5 Å². The quantitative estimate of drug-likeness (QED) is 0.528. The van der Waals surface area contributed by atoms with Crippen LogP contribution < -0.4 is 10.9 Å². The number of aryl methyl sites for hydroxylation is 1. The molecule has 3 heteroatoms. The Kier molecular flexibility index (Phi) is 2.45. The summed E-state index contributed by atoms with van der Waals surface area (Å²) in [6.45, 7) is 5.62. The van der Waals surface area contributed by atoms with Gasteiger partial charge in [0.25, 0.3) is 0 Å². The number of hydrogen-bond acceptors (Lipinski definition) is 3. The molecule has 0 bridgehead atoms. The van der Waals surface area contributed by atoms with Crippen molar-refractivity contribution >= 4 is 11.9 Å². The maximum Gasteiger partial charge on any atom is 0.142 e. The lowest BCUT2D eigenvalue weighted by Crippen LogP contribution is -2.26. The van der Waals surface area contributed by atoms with Crippen LogP contribution in [0, 0.1) is 6.92 Å². The molecule has 0 aromatic carbocycles. The molecule has 0 saturated carbocycles. The number of hydrogen-bond donors (Lipinski definition) is 1. The molecule has 3 nitrogen and oxygen atoms in total. The van der Waals surface area contributed by atoms with Crippen LogP contribution in [0.3, 0.4) is 0 Å². The molecule has 0 saturated heterocycles. The first-order valence-corrected chi connectivity index (χ1v) is 3.73. The highest BCUT2D eigenvalue weighted by Crippen LogP contribution is 2.12. The fourth-order valence-corrected chi connectivity index (χ4v) is 0.971. The van der Waals surface area contributed by atoms with Crippen LogP contribution in [0.1, 0.15) is 11.3 Å². The van der Waals surface area contributed by atoms with Crippen molar-refractivity contribution in [3.8, 4) is 0 Å². The number of rotatable bonds is 2. The third-order valence-electron chi connectivity index (χ3n) is 1.69. The first kappa shape index (κ1) is 8.74. The summed E-state index contributed by atoms with van der Waals surface area (Å²) in [5.41, 5.74) is 1.99. The molecule has 0 aliphatic rings. The third kappa shape index (κ3) is 1.62. The molecular weight excluding hydrogens is 150 g/mol. The second-order valence-electron chi connectivity index (χ2n) is 2.66. The summed E-state index contributed by atoms with van der Waals surface area (Å²) in [5, 5.41) is 1.49. The molecule has 0 radical (unpaired) electrons. The van der Waals surface area contributed by atoms with E-state index in [0.29, 0.717) is 0 Å². The molecule has 0 aliphatic carbocycles. The lowest BCUT2D eigenvalue weighted by molar-refractivity contribution is 0.964. The number of nitrogens with two attached hydrogens (primary N) is 1. The molecule has 1 heterocycles. The Hall–Kier alpha value is -1.35. The summed E-state index contributed by atoms with van der Waals surface area (Å²) in [5.74, 6) is 6.28. The minimum Gasteiger partial charge on any atom is -0.298 e. The maximum atomic E-state index is 5.52. The van der Waals surface area contributed by atoms with Gasteiger partial charge in [-0.15, -0.1) is 0 Å². The predicted molar refractivity (Wildman–Crippen MR) is 51.7 cm³/mol. The highest BCUT2D eigenvalue weighted by Gasteiger charge is 1.99. The highest BCUT2D eigenvalue weighted by atomic mass is 15.4. The van der Waals surface area contributed by atoms with Crippen molar-refractivity contribution in [2.24, 2.45) is 5.84 Å². The average molecular weight is 163 g/mol. The second kappa shape index (κ2) is 3.36. The Balaban J connectivity index is 3.10. The third-order valence-corrected chi connectivity index (χ3v) is 1.69. The predicted octanol–water partition coefficient (Wildman–Crippen LogP) is 1.34. The molecule has 0 spiro atoms. The van der Waals surface area contributed by atoms with E-state index in [1.165, 1.54) is 5.01 Å². The summed E-state index contributed by atoms with van der Waals surface area (Å²) in [6.07, 6.45) is 1.78. The van der Waals surface area contributed by atoms with Crippen LogP contribution in [0.15, 0.2) is 18.7 Å². The monoisotopic (exact) mass is 163 g/mol.